The minimum absolute atomic E-state index is 0.0731. The van der Waals surface area contributed by atoms with E-state index in [-0.39, 0.29) is 11.8 Å². The van der Waals surface area contributed by atoms with Crippen LogP contribution in [0.25, 0.3) is 0 Å². The van der Waals surface area contributed by atoms with E-state index in [2.05, 4.69) is 17.6 Å². The number of para-hydroxylation sites is 1. The molecule has 0 spiro atoms. The molecule has 0 aromatic heterocycles. The molecule has 2 aromatic carbocycles. The summed E-state index contributed by atoms with van der Waals surface area (Å²) in [5.41, 5.74) is 8.24. The normalized spacial score (nSPS) is 10.2. The maximum atomic E-state index is 12.1. The van der Waals surface area contributed by atoms with E-state index in [9.17, 15) is 9.59 Å². The first-order valence-corrected chi connectivity index (χ1v) is 8.11. The first kappa shape index (κ1) is 17.5. The Labute approximate surface area is 142 Å². The highest BCUT2D eigenvalue weighted by Gasteiger charge is 2.09. The van der Waals surface area contributed by atoms with Crippen molar-refractivity contribution in [2.24, 2.45) is 0 Å². The van der Waals surface area contributed by atoms with Gasteiger partial charge < -0.3 is 16.4 Å². The van der Waals surface area contributed by atoms with Crippen LogP contribution in [0.2, 0.25) is 0 Å². The van der Waals surface area contributed by atoms with E-state index >= 15 is 0 Å². The Kier molecular flexibility index (Phi) is 6.37. The van der Waals surface area contributed by atoms with Crippen molar-refractivity contribution >= 4 is 17.5 Å². The van der Waals surface area contributed by atoms with Crippen molar-refractivity contribution in [1.29, 1.82) is 0 Å². The molecule has 2 rings (SSSR count). The highest BCUT2D eigenvalue weighted by Crippen LogP contribution is 2.11. The molecule has 0 unspecified atom stereocenters. The molecule has 0 heterocycles. The number of nitrogens with one attached hydrogen (secondary N) is 2. The van der Waals surface area contributed by atoms with Crippen molar-refractivity contribution in [2.45, 2.75) is 26.3 Å². The van der Waals surface area contributed by atoms with Crippen LogP contribution in [-0.4, -0.2) is 18.4 Å². The van der Waals surface area contributed by atoms with Crippen LogP contribution in [0.3, 0.4) is 0 Å². The number of rotatable bonds is 7. The largest absolute Gasteiger partial charge is 0.398 e. The SMILES string of the molecule is CCCCNC(=O)c1ccc(CNC(=O)c2ccccc2N)cc1. The zero-order chi connectivity index (χ0) is 17.4. The molecule has 0 saturated carbocycles. The molecule has 0 bridgehead atoms. The van der Waals surface area contributed by atoms with Gasteiger partial charge in [-0.3, -0.25) is 9.59 Å². The summed E-state index contributed by atoms with van der Waals surface area (Å²) in [4.78, 5) is 24.0. The third-order valence-corrected chi connectivity index (χ3v) is 3.69. The minimum atomic E-state index is -0.213. The van der Waals surface area contributed by atoms with E-state index in [1.165, 1.54) is 0 Å². The first-order chi connectivity index (χ1) is 11.6. The monoisotopic (exact) mass is 325 g/mol. The molecule has 0 aliphatic rings. The zero-order valence-electron chi connectivity index (χ0n) is 13.8. The number of amides is 2. The molecule has 24 heavy (non-hydrogen) atoms. The Morgan fingerprint density at radius 1 is 0.958 bits per heavy atom. The predicted octanol–water partition coefficient (Wildman–Crippen LogP) is 2.73. The molecule has 0 aliphatic carbocycles. The molecule has 0 fully saturated rings. The summed E-state index contributed by atoms with van der Waals surface area (Å²) >= 11 is 0. The van der Waals surface area contributed by atoms with Crippen molar-refractivity contribution in [3.63, 3.8) is 0 Å². The predicted molar refractivity (Wildman–Crippen MR) is 95.7 cm³/mol. The van der Waals surface area contributed by atoms with Gasteiger partial charge in [0.25, 0.3) is 11.8 Å². The summed E-state index contributed by atoms with van der Waals surface area (Å²) in [6.45, 7) is 3.15. The van der Waals surface area contributed by atoms with E-state index in [0.29, 0.717) is 29.9 Å². The Balaban J connectivity index is 1.89. The third-order valence-electron chi connectivity index (χ3n) is 3.69. The highest BCUT2D eigenvalue weighted by molar-refractivity contribution is 5.99. The smallest absolute Gasteiger partial charge is 0.253 e. The Morgan fingerprint density at radius 3 is 2.33 bits per heavy atom. The van der Waals surface area contributed by atoms with Gasteiger partial charge in [-0.1, -0.05) is 37.6 Å². The maximum absolute atomic E-state index is 12.1. The van der Waals surface area contributed by atoms with Gasteiger partial charge in [-0.25, -0.2) is 0 Å². The van der Waals surface area contributed by atoms with Crippen LogP contribution in [0.15, 0.2) is 48.5 Å². The van der Waals surface area contributed by atoms with Crippen LogP contribution < -0.4 is 16.4 Å². The third kappa shape index (κ3) is 4.84. The van der Waals surface area contributed by atoms with Gasteiger partial charge in [0.05, 0.1) is 5.56 Å². The lowest BCUT2D eigenvalue weighted by atomic mass is 10.1. The van der Waals surface area contributed by atoms with Gasteiger partial charge in [-0.2, -0.15) is 0 Å². The number of carbonyl (C=O) groups is 2. The van der Waals surface area contributed by atoms with Crippen LogP contribution >= 0.6 is 0 Å². The lowest BCUT2D eigenvalue weighted by molar-refractivity contribution is 0.0943. The summed E-state index contributed by atoms with van der Waals surface area (Å²) in [7, 11) is 0. The number of hydrogen-bond acceptors (Lipinski definition) is 3. The van der Waals surface area contributed by atoms with Crippen LogP contribution in [0.4, 0.5) is 5.69 Å². The summed E-state index contributed by atoms with van der Waals surface area (Å²) in [6, 6.07) is 14.1. The maximum Gasteiger partial charge on any atom is 0.253 e. The summed E-state index contributed by atoms with van der Waals surface area (Å²) in [5, 5.41) is 5.70. The van der Waals surface area contributed by atoms with Gasteiger partial charge in [-0.05, 0) is 36.2 Å². The molecular formula is C19H23N3O2. The van der Waals surface area contributed by atoms with E-state index in [1.54, 1.807) is 36.4 Å². The van der Waals surface area contributed by atoms with Gasteiger partial charge in [0.2, 0.25) is 0 Å². The van der Waals surface area contributed by atoms with Crippen molar-refractivity contribution in [2.75, 3.05) is 12.3 Å². The van der Waals surface area contributed by atoms with Crippen LogP contribution in [0, 0.1) is 0 Å². The molecular weight excluding hydrogens is 302 g/mol. The molecule has 0 aliphatic heterocycles. The summed E-state index contributed by atoms with van der Waals surface area (Å²) in [6.07, 6.45) is 2.02. The van der Waals surface area contributed by atoms with E-state index in [4.69, 9.17) is 5.73 Å². The Morgan fingerprint density at radius 2 is 1.67 bits per heavy atom. The van der Waals surface area contributed by atoms with Crippen molar-refractivity contribution in [1.82, 2.24) is 10.6 Å². The van der Waals surface area contributed by atoms with Gasteiger partial charge in [-0.15, -0.1) is 0 Å². The standard InChI is InChI=1S/C19H23N3O2/c1-2-3-12-21-18(23)15-10-8-14(9-11-15)13-22-19(24)16-6-4-5-7-17(16)20/h4-11H,2-3,12-13,20H2,1H3,(H,21,23)(H,22,24). The van der Waals surface area contributed by atoms with Gasteiger partial charge in [0.1, 0.15) is 0 Å². The lowest BCUT2D eigenvalue weighted by Gasteiger charge is -2.08. The first-order valence-electron chi connectivity index (χ1n) is 8.11. The van der Waals surface area contributed by atoms with E-state index < -0.39 is 0 Å². The topological polar surface area (TPSA) is 84.2 Å². The molecule has 0 saturated heterocycles. The number of unbranched alkanes of at least 4 members (excludes halogenated alkanes) is 1. The van der Waals surface area contributed by atoms with Crippen LogP contribution in [0.5, 0.6) is 0 Å². The number of nitrogens with two attached hydrogens (primary N) is 1. The van der Waals surface area contributed by atoms with E-state index in [1.807, 2.05) is 12.1 Å². The Bertz CT molecular complexity index is 696. The molecule has 5 heteroatoms. The van der Waals surface area contributed by atoms with Gasteiger partial charge >= 0.3 is 0 Å². The summed E-state index contributed by atoms with van der Waals surface area (Å²) in [5.74, 6) is -0.287. The lowest BCUT2D eigenvalue weighted by Crippen LogP contribution is -2.25. The fourth-order valence-corrected chi connectivity index (χ4v) is 2.24. The molecule has 0 atom stereocenters. The average molecular weight is 325 g/mol. The highest BCUT2D eigenvalue weighted by atomic mass is 16.2. The fourth-order valence-electron chi connectivity index (χ4n) is 2.24. The number of carbonyl (C=O) groups excluding carboxylic acids is 2. The molecule has 0 radical (unpaired) electrons. The molecule has 4 N–H and O–H groups in total. The van der Waals surface area contributed by atoms with Gasteiger partial charge in [0, 0.05) is 24.3 Å². The molecule has 5 nitrogen and oxygen atoms in total. The molecule has 2 amide bonds. The second-order valence-electron chi connectivity index (χ2n) is 5.58. The number of anilines is 1. The zero-order valence-corrected chi connectivity index (χ0v) is 13.8. The van der Waals surface area contributed by atoms with Crippen molar-refractivity contribution in [3.8, 4) is 0 Å². The number of benzene rings is 2. The second-order valence-corrected chi connectivity index (χ2v) is 5.58. The summed E-state index contributed by atoms with van der Waals surface area (Å²) < 4.78 is 0. The quantitative estimate of drug-likeness (QED) is 0.540. The van der Waals surface area contributed by atoms with Crippen LogP contribution in [-0.2, 0) is 6.54 Å². The number of nitrogen functional groups attached to an aromatic ring is 1. The van der Waals surface area contributed by atoms with E-state index in [0.717, 1.165) is 18.4 Å². The molecule has 2 aromatic rings. The molecule has 126 valence electrons. The number of hydrogen-bond donors (Lipinski definition) is 3. The minimum Gasteiger partial charge on any atom is -0.398 e. The van der Waals surface area contributed by atoms with Gasteiger partial charge in [0.15, 0.2) is 0 Å². The average Bonchev–Trinajstić information content (AvgIpc) is 2.60. The second kappa shape index (κ2) is 8.72. The van der Waals surface area contributed by atoms with Crippen molar-refractivity contribution < 1.29 is 9.59 Å². The Hall–Kier alpha value is -2.82. The van der Waals surface area contributed by atoms with Crippen molar-refractivity contribution in [3.05, 3.63) is 65.2 Å². The fraction of sp³-hybridized carbons (Fsp3) is 0.263. The van der Waals surface area contributed by atoms with Crippen LogP contribution in [0.1, 0.15) is 46.0 Å².